The lowest BCUT2D eigenvalue weighted by atomic mass is 9.93. The number of piperidine rings is 1. The van der Waals surface area contributed by atoms with Gasteiger partial charge in [0.05, 0.1) is 0 Å². The van der Waals surface area contributed by atoms with Gasteiger partial charge in [-0.05, 0) is 35.6 Å². The zero-order chi connectivity index (χ0) is 14.8. The van der Waals surface area contributed by atoms with E-state index in [1.807, 2.05) is 0 Å². The molecule has 1 fully saturated rings. The van der Waals surface area contributed by atoms with E-state index in [0.717, 1.165) is 25.1 Å². The summed E-state index contributed by atoms with van der Waals surface area (Å²) in [7, 11) is 0. The Morgan fingerprint density at radius 1 is 1.19 bits per heavy atom. The van der Waals surface area contributed by atoms with Crippen LogP contribution in [0.1, 0.15) is 22.8 Å². The number of benzene rings is 1. The molecule has 0 bridgehead atoms. The molecule has 0 spiro atoms. The van der Waals surface area contributed by atoms with E-state index >= 15 is 0 Å². The quantitative estimate of drug-likeness (QED) is 0.942. The van der Waals surface area contributed by atoms with Crippen molar-refractivity contribution in [1.82, 2.24) is 4.90 Å². The summed E-state index contributed by atoms with van der Waals surface area (Å²) in [6.45, 7) is 2.31. The van der Waals surface area contributed by atoms with E-state index in [2.05, 4.69) is 22.4 Å². The first-order valence-corrected chi connectivity index (χ1v) is 7.95. The number of halogens is 2. The Hall–Kier alpha value is -1.30. The third-order valence-electron chi connectivity index (χ3n) is 3.89. The molecule has 0 amide bonds. The number of hydrogen-bond acceptors (Lipinski definition) is 3. The number of nitrogens with zero attached hydrogens (tertiary/aromatic N) is 1. The molecular formula is C16H18F2N2S. The van der Waals surface area contributed by atoms with Crippen molar-refractivity contribution in [2.45, 2.75) is 24.9 Å². The van der Waals surface area contributed by atoms with Gasteiger partial charge in [0.2, 0.25) is 0 Å². The number of nitrogens with two attached hydrogens (primary N) is 1. The molecule has 0 aliphatic carbocycles. The van der Waals surface area contributed by atoms with E-state index in [-0.39, 0.29) is 6.04 Å². The Kier molecular flexibility index (Phi) is 4.33. The average molecular weight is 308 g/mol. The van der Waals surface area contributed by atoms with Gasteiger partial charge in [-0.3, -0.25) is 4.90 Å². The largest absolute Gasteiger partial charge is 0.327 e. The first-order valence-electron chi connectivity index (χ1n) is 7.07. The first-order chi connectivity index (χ1) is 10.1. The van der Waals surface area contributed by atoms with E-state index in [1.165, 1.54) is 17.0 Å². The van der Waals surface area contributed by atoms with Crippen molar-refractivity contribution in [1.29, 1.82) is 0 Å². The number of hydrogen-bond donors (Lipinski definition) is 1. The van der Waals surface area contributed by atoms with Crippen molar-refractivity contribution in [2.75, 3.05) is 13.1 Å². The molecule has 5 heteroatoms. The fourth-order valence-corrected chi connectivity index (χ4v) is 3.82. The molecule has 1 saturated heterocycles. The van der Waals surface area contributed by atoms with Gasteiger partial charge in [-0.25, -0.2) is 8.78 Å². The smallest absolute Gasteiger partial charge is 0.159 e. The van der Waals surface area contributed by atoms with Crippen molar-refractivity contribution in [3.8, 4) is 0 Å². The highest BCUT2D eigenvalue weighted by Crippen LogP contribution is 2.30. The Balaban J connectivity index is 1.71. The van der Waals surface area contributed by atoms with E-state index in [9.17, 15) is 8.78 Å². The summed E-state index contributed by atoms with van der Waals surface area (Å²) in [4.78, 5) is 3.58. The lowest BCUT2D eigenvalue weighted by Crippen LogP contribution is -2.45. The highest BCUT2D eigenvalue weighted by Gasteiger charge is 2.26. The Morgan fingerprint density at radius 2 is 2.05 bits per heavy atom. The average Bonchev–Trinajstić information content (AvgIpc) is 2.96. The van der Waals surface area contributed by atoms with E-state index < -0.39 is 11.6 Å². The van der Waals surface area contributed by atoms with E-state index in [0.29, 0.717) is 12.5 Å². The summed E-state index contributed by atoms with van der Waals surface area (Å²) >= 11 is 1.75. The van der Waals surface area contributed by atoms with Crippen LogP contribution in [0.4, 0.5) is 8.78 Å². The van der Waals surface area contributed by atoms with Crippen LogP contribution in [0.2, 0.25) is 0 Å². The molecule has 0 radical (unpaired) electrons. The molecule has 1 aromatic carbocycles. The summed E-state index contributed by atoms with van der Waals surface area (Å²) in [6, 6.07) is 8.42. The fraction of sp³-hybridized carbons (Fsp3) is 0.375. The van der Waals surface area contributed by atoms with Gasteiger partial charge < -0.3 is 5.73 Å². The maximum absolute atomic E-state index is 13.3. The molecule has 21 heavy (non-hydrogen) atoms. The van der Waals surface area contributed by atoms with Gasteiger partial charge in [-0.15, -0.1) is 11.3 Å². The summed E-state index contributed by atoms with van der Waals surface area (Å²) in [5.41, 5.74) is 6.94. The minimum atomic E-state index is -0.800. The minimum absolute atomic E-state index is 0.121. The van der Waals surface area contributed by atoms with Crippen LogP contribution < -0.4 is 5.73 Å². The maximum Gasteiger partial charge on any atom is 0.159 e. The zero-order valence-corrected chi connectivity index (χ0v) is 12.5. The van der Waals surface area contributed by atoms with Gasteiger partial charge >= 0.3 is 0 Å². The van der Waals surface area contributed by atoms with Crippen LogP contribution in [0.25, 0.3) is 0 Å². The van der Waals surface area contributed by atoms with Gasteiger partial charge in [-0.2, -0.15) is 0 Å². The highest BCUT2D eigenvalue weighted by molar-refractivity contribution is 7.10. The maximum atomic E-state index is 13.3. The molecule has 2 aromatic rings. The highest BCUT2D eigenvalue weighted by atomic mass is 32.1. The SMILES string of the molecule is NC1CC(c2cccs2)CN(Cc2ccc(F)c(F)c2)C1. The first kappa shape index (κ1) is 14.6. The molecule has 1 aromatic heterocycles. The summed E-state index contributed by atoms with van der Waals surface area (Å²) in [6.07, 6.45) is 0.981. The number of thiophene rings is 1. The molecule has 2 unspecified atom stereocenters. The predicted octanol–water partition coefficient (Wildman–Crippen LogP) is 3.34. The molecular weight excluding hydrogens is 290 g/mol. The van der Waals surface area contributed by atoms with Crippen LogP contribution in [0.15, 0.2) is 35.7 Å². The van der Waals surface area contributed by atoms with E-state index in [1.54, 1.807) is 17.4 Å². The zero-order valence-electron chi connectivity index (χ0n) is 11.6. The molecule has 112 valence electrons. The molecule has 2 atom stereocenters. The van der Waals surface area contributed by atoms with Crippen LogP contribution in [0, 0.1) is 11.6 Å². The van der Waals surface area contributed by atoms with Gasteiger partial charge in [0, 0.05) is 36.5 Å². The molecule has 2 N–H and O–H groups in total. The standard InChI is InChI=1S/C16H18F2N2S/c17-14-4-3-11(6-15(14)18)8-20-9-12(7-13(19)10-20)16-2-1-5-21-16/h1-6,12-13H,7-10,19H2. The lowest BCUT2D eigenvalue weighted by Gasteiger charge is -2.36. The summed E-state index contributed by atoms with van der Waals surface area (Å²) in [5, 5.41) is 2.08. The molecule has 2 heterocycles. The molecule has 2 nitrogen and oxygen atoms in total. The molecule has 3 rings (SSSR count). The number of likely N-dealkylation sites (tertiary alicyclic amines) is 1. The summed E-state index contributed by atoms with van der Waals surface area (Å²) in [5.74, 6) is -1.16. The van der Waals surface area contributed by atoms with Crippen molar-refractivity contribution >= 4 is 11.3 Å². The van der Waals surface area contributed by atoms with Crippen LogP contribution in [0.5, 0.6) is 0 Å². The van der Waals surface area contributed by atoms with Crippen LogP contribution >= 0.6 is 11.3 Å². The Bertz CT molecular complexity index is 600. The van der Waals surface area contributed by atoms with Crippen molar-refractivity contribution in [3.63, 3.8) is 0 Å². The number of rotatable bonds is 3. The van der Waals surface area contributed by atoms with Crippen LogP contribution in [-0.4, -0.2) is 24.0 Å². The van der Waals surface area contributed by atoms with Gasteiger partial charge in [0.1, 0.15) is 0 Å². The van der Waals surface area contributed by atoms with Crippen molar-refractivity contribution in [2.24, 2.45) is 5.73 Å². The second-order valence-corrected chi connectivity index (χ2v) is 6.63. The third kappa shape index (κ3) is 3.48. The third-order valence-corrected chi connectivity index (χ3v) is 4.93. The minimum Gasteiger partial charge on any atom is -0.327 e. The molecule has 0 saturated carbocycles. The normalized spacial score (nSPS) is 23.4. The topological polar surface area (TPSA) is 29.3 Å². The summed E-state index contributed by atoms with van der Waals surface area (Å²) < 4.78 is 26.3. The lowest BCUT2D eigenvalue weighted by molar-refractivity contribution is 0.182. The van der Waals surface area contributed by atoms with Crippen LogP contribution in [-0.2, 0) is 6.54 Å². The van der Waals surface area contributed by atoms with Crippen LogP contribution in [0.3, 0.4) is 0 Å². The van der Waals surface area contributed by atoms with E-state index in [4.69, 9.17) is 5.73 Å². The Labute approximate surface area is 127 Å². The predicted molar refractivity (Wildman–Crippen MR) is 81.3 cm³/mol. The van der Waals surface area contributed by atoms with Crippen molar-refractivity contribution < 1.29 is 8.78 Å². The van der Waals surface area contributed by atoms with Gasteiger partial charge in [0.25, 0.3) is 0 Å². The monoisotopic (exact) mass is 308 g/mol. The van der Waals surface area contributed by atoms with Crippen molar-refractivity contribution in [3.05, 3.63) is 57.8 Å². The second-order valence-electron chi connectivity index (χ2n) is 5.65. The van der Waals surface area contributed by atoms with Gasteiger partial charge in [0.15, 0.2) is 11.6 Å². The van der Waals surface area contributed by atoms with Gasteiger partial charge in [-0.1, -0.05) is 12.1 Å². The molecule has 1 aliphatic rings. The Morgan fingerprint density at radius 3 is 2.76 bits per heavy atom. The fourth-order valence-electron chi connectivity index (χ4n) is 2.99. The molecule has 1 aliphatic heterocycles. The second kappa shape index (κ2) is 6.22.